The van der Waals surface area contributed by atoms with Crippen molar-refractivity contribution in [3.63, 3.8) is 0 Å². The summed E-state index contributed by atoms with van der Waals surface area (Å²) in [5.41, 5.74) is -0.348. The lowest BCUT2D eigenvalue weighted by molar-refractivity contribution is -0.162. The Balaban J connectivity index is 1.57. The number of aliphatic hydroxyl groups excluding tert-OH is 4. The third kappa shape index (κ3) is 4.38. The summed E-state index contributed by atoms with van der Waals surface area (Å²) in [5.74, 6) is 1.01. The average Bonchev–Trinajstić information content (AvgIpc) is 3.11. The van der Waals surface area contributed by atoms with Crippen molar-refractivity contribution in [2.45, 2.75) is 111 Å². The van der Waals surface area contributed by atoms with Crippen LogP contribution in [0.1, 0.15) is 86.5 Å². The summed E-state index contributed by atoms with van der Waals surface area (Å²) in [6.07, 6.45) is 2.49. The number of carbonyl (C=O) groups is 1. The van der Waals surface area contributed by atoms with Crippen molar-refractivity contribution in [2.24, 2.45) is 58.2 Å². The van der Waals surface area contributed by atoms with Crippen LogP contribution in [0.4, 0.5) is 0 Å². The Morgan fingerprint density at radius 2 is 1.63 bits per heavy atom. The van der Waals surface area contributed by atoms with E-state index in [4.69, 9.17) is 4.74 Å². The number of rotatable bonds is 6. The Bertz CT molecular complexity index is 770. The van der Waals surface area contributed by atoms with Crippen molar-refractivity contribution in [3.8, 4) is 0 Å². The van der Waals surface area contributed by atoms with Gasteiger partial charge in [0.15, 0.2) is 0 Å². The highest BCUT2D eigenvalue weighted by Gasteiger charge is 2.63. The fourth-order valence-electron chi connectivity index (χ4n) is 9.60. The highest BCUT2D eigenvalue weighted by atomic mass is 16.5. The van der Waals surface area contributed by atoms with Gasteiger partial charge in [-0.25, -0.2) is 0 Å². The van der Waals surface area contributed by atoms with Gasteiger partial charge in [-0.3, -0.25) is 4.79 Å². The molecule has 202 valence electrons. The largest absolute Gasteiger partial charge is 0.465 e. The molecule has 4 rings (SSSR count). The molecule has 4 aliphatic rings. The molecule has 0 aromatic carbocycles. The summed E-state index contributed by atoms with van der Waals surface area (Å²) < 4.78 is 5.88. The van der Waals surface area contributed by atoms with E-state index in [0.29, 0.717) is 30.8 Å². The van der Waals surface area contributed by atoms with Gasteiger partial charge in [-0.15, -0.1) is 0 Å². The predicted molar refractivity (Wildman–Crippen MR) is 134 cm³/mol. The zero-order chi connectivity index (χ0) is 25.9. The van der Waals surface area contributed by atoms with Gasteiger partial charge >= 0.3 is 5.97 Å². The maximum Gasteiger partial charge on any atom is 0.309 e. The van der Waals surface area contributed by atoms with Gasteiger partial charge in [0, 0.05) is 0 Å². The van der Waals surface area contributed by atoms with Crippen LogP contribution < -0.4 is 0 Å². The lowest BCUT2D eigenvalue weighted by Gasteiger charge is -2.56. The molecule has 6 nitrogen and oxygen atoms in total. The first-order chi connectivity index (χ1) is 16.4. The van der Waals surface area contributed by atoms with Gasteiger partial charge in [-0.1, -0.05) is 48.0 Å². The van der Waals surface area contributed by atoms with Crippen molar-refractivity contribution in [3.05, 3.63) is 0 Å². The van der Waals surface area contributed by atoms with E-state index < -0.39 is 24.4 Å². The van der Waals surface area contributed by atoms with Crippen LogP contribution in [0.5, 0.6) is 0 Å². The molecule has 1 saturated heterocycles. The molecule has 0 aromatic rings. The van der Waals surface area contributed by atoms with Gasteiger partial charge in [-0.05, 0) is 90.8 Å². The molecule has 1 heterocycles. The molecule has 1 aliphatic heterocycles. The number of fused-ring (bicyclic) bond motifs is 5. The smallest absolute Gasteiger partial charge is 0.309 e. The molecular formula is C29H50O6. The molecule has 6 heteroatoms. The maximum atomic E-state index is 13.0. The first-order valence-corrected chi connectivity index (χ1v) is 14.3. The third-order valence-corrected chi connectivity index (χ3v) is 11.7. The van der Waals surface area contributed by atoms with Crippen molar-refractivity contribution < 1.29 is 30.0 Å². The van der Waals surface area contributed by atoms with Gasteiger partial charge in [0.1, 0.15) is 0 Å². The Hall–Kier alpha value is -0.690. The second-order valence-electron chi connectivity index (χ2n) is 13.5. The molecule has 0 radical (unpaired) electrons. The van der Waals surface area contributed by atoms with E-state index in [2.05, 4.69) is 41.5 Å². The van der Waals surface area contributed by atoms with E-state index in [9.17, 15) is 25.2 Å². The van der Waals surface area contributed by atoms with Crippen LogP contribution in [-0.2, 0) is 9.53 Å². The molecule has 0 bridgehead atoms. The summed E-state index contributed by atoms with van der Waals surface area (Å²) in [7, 11) is 0. The number of ether oxygens (including phenoxy) is 1. The van der Waals surface area contributed by atoms with Gasteiger partial charge in [-0.2, -0.15) is 0 Å². The number of aliphatic hydroxyl groups is 4. The lowest BCUT2D eigenvalue weighted by atomic mass is 9.48. The van der Waals surface area contributed by atoms with Gasteiger partial charge < -0.3 is 25.2 Å². The molecule has 35 heavy (non-hydrogen) atoms. The van der Waals surface area contributed by atoms with Gasteiger partial charge in [0.25, 0.3) is 0 Å². The molecule has 13 atom stereocenters. The van der Waals surface area contributed by atoms with E-state index in [1.165, 1.54) is 0 Å². The summed E-state index contributed by atoms with van der Waals surface area (Å²) in [5, 5.41) is 43.2. The SMILES string of the molecule is CC[C@H](C(C)C)[C@H](O)[C@H](O)[C@H](C)[C@@H]1CC[C@@H]2[C@@H]3COC(=O)[C@@H]4C[C@H](O)[C@H](O)C[C@]4(C)[C@H]3CC[C@@]21C. The standard InChI is InChI=1S/C29H50O6/c1-7-17(15(2)3)26(33)25(32)16(4)19-8-9-20-18-14-35-27(34)22-12-23(30)24(31)13-29(22,6)21(18)10-11-28(19,20)5/h15-26,30-33H,7-14H2,1-6H3/t16-,17-,18+,19+,20-,21+,22+,23+,24-,25-,26+,28-,29-/m1/s1. The molecule has 0 spiro atoms. The van der Waals surface area contributed by atoms with E-state index in [-0.39, 0.29) is 52.8 Å². The summed E-state index contributed by atoms with van der Waals surface area (Å²) in [6.45, 7) is 13.4. The molecule has 4 fully saturated rings. The van der Waals surface area contributed by atoms with Crippen LogP contribution in [0, 0.1) is 58.2 Å². The van der Waals surface area contributed by atoms with Crippen molar-refractivity contribution in [1.29, 1.82) is 0 Å². The van der Waals surface area contributed by atoms with Crippen LogP contribution >= 0.6 is 0 Å². The Kier molecular flexibility index (Phi) is 7.72. The minimum Gasteiger partial charge on any atom is -0.465 e. The molecule has 3 saturated carbocycles. The quantitative estimate of drug-likeness (QED) is 0.419. The Morgan fingerprint density at radius 3 is 2.26 bits per heavy atom. The Labute approximate surface area is 211 Å². The molecule has 0 aromatic heterocycles. The first kappa shape index (κ1) is 27.3. The van der Waals surface area contributed by atoms with Crippen LogP contribution in [-0.4, -0.2) is 57.4 Å². The lowest BCUT2D eigenvalue weighted by Crippen LogP contribution is -2.55. The topological polar surface area (TPSA) is 107 Å². The summed E-state index contributed by atoms with van der Waals surface area (Å²) in [6, 6.07) is 0. The highest BCUT2D eigenvalue weighted by Crippen LogP contribution is 2.66. The fraction of sp³-hybridized carbons (Fsp3) is 0.966. The Morgan fingerprint density at radius 1 is 0.971 bits per heavy atom. The number of esters is 1. The van der Waals surface area contributed by atoms with E-state index in [0.717, 1.165) is 32.1 Å². The maximum absolute atomic E-state index is 13.0. The summed E-state index contributed by atoms with van der Waals surface area (Å²) >= 11 is 0. The monoisotopic (exact) mass is 494 g/mol. The molecular weight excluding hydrogens is 444 g/mol. The van der Waals surface area contributed by atoms with Crippen molar-refractivity contribution in [2.75, 3.05) is 6.61 Å². The molecule has 0 unspecified atom stereocenters. The molecule has 3 aliphatic carbocycles. The van der Waals surface area contributed by atoms with Gasteiger partial charge in [0.05, 0.1) is 36.9 Å². The third-order valence-electron chi connectivity index (χ3n) is 11.7. The molecule has 0 amide bonds. The predicted octanol–water partition coefficient (Wildman–Crippen LogP) is 3.78. The van der Waals surface area contributed by atoms with Gasteiger partial charge in [0.2, 0.25) is 0 Å². The summed E-state index contributed by atoms with van der Waals surface area (Å²) in [4.78, 5) is 13.0. The second-order valence-corrected chi connectivity index (χ2v) is 13.5. The number of cyclic esters (lactones) is 1. The zero-order valence-electron chi connectivity index (χ0n) is 22.7. The van der Waals surface area contributed by atoms with Crippen LogP contribution in [0.3, 0.4) is 0 Å². The van der Waals surface area contributed by atoms with E-state index in [1.54, 1.807) is 0 Å². The van der Waals surface area contributed by atoms with Crippen molar-refractivity contribution in [1.82, 2.24) is 0 Å². The zero-order valence-corrected chi connectivity index (χ0v) is 22.7. The normalized spacial score (nSPS) is 47.1. The number of hydrogen-bond donors (Lipinski definition) is 4. The van der Waals surface area contributed by atoms with Crippen LogP contribution in [0.2, 0.25) is 0 Å². The first-order valence-electron chi connectivity index (χ1n) is 14.3. The minimum absolute atomic E-state index is 0.00679. The number of hydrogen-bond acceptors (Lipinski definition) is 6. The van der Waals surface area contributed by atoms with E-state index >= 15 is 0 Å². The van der Waals surface area contributed by atoms with Crippen LogP contribution in [0.25, 0.3) is 0 Å². The highest BCUT2D eigenvalue weighted by molar-refractivity contribution is 5.74. The minimum atomic E-state index is -0.867. The van der Waals surface area contributed by atoms with Crippen molar-refractivity contribution >= 4 is 5.97 Å². The van der Waals surface area contributed by atoms with Crippen LogP contribution in [0.15, 0.2) is 0 Å². The van der Waals surface area contributed by atoms with E-state index in [1.807, 2.05) is 0 Å². The molecule has 4 N–H and O–H groups in total. The number of carbonyl (C=O) groups excluding carboxylic acids is 1. The average molecular weight is 495 g/mol. The second kappa shape index (κ2) is 9.89. The fourth-order valence-corrected chi connectivity index (χ4v) is 9.60.